The van der Waals surface area contributed by atoms with E-state index in [1.54, 1.807) is 11.8 Å². The van der Waals surface area contributed by atoms with Gasteiger partial charge in [0.15, 0.2) is 0 Å². The number of carbonyl (C=O) groups is 3. The number of aliphatic carboxylic acids is 1. The number of urea groups is 1. The Labute approximate surface area is 123 Å². The topological polar surface area (TPSA) is 99.2 Å². The zero-order valence-corrected chi connectivity index (χ0v) is 12.1. The van der Waals surface area contributed by atoms with Crippen molar-refractivity contribution in [3.8, 4) is 0 Å². The van der Waals surface area contributed by atoms with E-state index in [0.717, 1.165) is 0 Å². The van der Waals surface area contributed by atoms with Gasteiger partial charge in [0.05, 0.1) is 13.2 Å². The monoisotopic (exact) mass is 299 g/mol. The molecule has 2 unspecified atom stereocenters. The first-order chi connectivity index (χ1) is 10.0. The van der Waals surface area contributed by atoms with Gasteiger partial charge in [-0.2, -0.15) is 0 Å². The summed E-state index contributed by atoms with van der Waals surface area (Å²) in [4.78, 5) is 38.3. The molecule has 0 bridgehead atoms. The SMILES string of the molecule is CC(NC(=O)N1CCCC1C(=O)O)C(=O)N1CCOCC1. The van der Waals surface area contributed by atoms with Gasteiger partial charge in [-0.25, -0.2) is 9.59 Å². The van der Waals surface area contributed by atoms with Crippen molar-refractivity contribution in [3.63, 3.8) is 0 Å². The van der Waals surface area contributed by atoms with E-state index in [4.69, 9.17) is 9.84 Å². The molecule has 118 valence electrons. The van der Waals surface area contributed by atoms with Gasteiger partial charge in [-0.05, 0) is 19.8 Å². The van der Waals surface area contributed by atoms with Crippen molar-refractivity contribution in [2.75, 3.05) is 32.8 Å². The number of rotatable bonds is 3. The number of hydrogen-bond donors (Lipinski definition) is 2. The minimum Gasteiger partial charge on any atom is -0.480 e. The van der Waals surface area contributed by atoms with Crippen molar-refractivity contribution < 1.29 is 24.2 Å². The van der Waals surface area contributed by atoms with Crippen LogP contribution in [0.5, 0.6) is 0 Å². The number of nitrogens with one attached hydrogen (secondary N) is 1. The number of ether oxygens (including phenoxy) is 1. The summed E-state index contributed by atoms with van der Waals surface area (Å²) in [5.74, 6) is -1.17. The molecule has 2 rings (SSSR count). The van der Waals surface area contributed by atoms with Gasteiger partial charge in [-0.3, -0.25) is 4.79 Å². The molecule has 21 heavy (non-hydrogen) atoms. The standard InChI is InChI=1S/C13H21N3O5/c1-9(11(17)15-5-7-21-8-6-15)14-13(20)16-4-2-3-10(16)12(18)19/h9-10H,2-8H2,1H3,(H,14,20)(H,18,19). The molecule has 3 amide bonds. The summed E-state index contributed by atoms with van der Waals surface area (Å²) in [6, 6.07) is -1.96. The van der Waals surface area contributed by atoms with E-state index in [9.17, 15) is 14.4 Å². The molecular formula is C13H21N3O5. The van der Waals surface area contributed by atoms with Crippen LogP contribution in [-0.2, 0) is 14.3 Å². The second-order valence-corrected chi connectivity index (χ2v) is 5.30. The molecule has 2 aliphatic heterocycles. The van der Waals surface area contributed by atoms with Crippen LogP contribution in [0.15, 0.2) is 0 Å². The summed E-state index contributed by atoms with van der Waals surface area (Å²) in [7, 11) is 0. The predicted molar refractivity (Wildman–Crippen MR) is 72.8 cm³/mol. The highest BCUT2D eigenvalue weighted by atomic mass is 16.5. The van der Waals surface area contributed by atoms with Crippen molar-refractivity contribution in [2.24, 2.45) is 0 Å². The van der Waals surface area contributed by atoms with Gasteiger partial charge in [0, 0.05) is 19.6 Å². The maximum absolute atomic E-state index is 12.2. The van der Waals surface area contributed by atoms with E-state index in [2.05, 4.69) is 5.32 Å². The largest absolute Gasteiger partial charge is 0.480 e. The molecule has 2 aliphatic rings. The molecule has 8 nitrogen and oxygen atoms in total. The maximum Gasteiger partial charge on any atom is 0.326 e. The number of likely N-dealkylation sites (tertiary alicyclic amines) is 1. The number of carboxylic acids is 1. The van der Waals surface area contributed by atoms with Crippen LogP contribution >= 0.6 is 0 Å². The van der Waals surface area contributed by atoms with Crippen LogP contribution in [0, 0.1) is 0 Å². The first kappa shape index (κ1) is 15.6. The lowest BCUT2D eigenvalue weighted by Gasteiger charge is -2.30. The Hall–Kier alpha value is -1.83. The molecule has 2 fully saturated rings. The molecule has 0 aromatic rings. The third-order valence-electron chi connectivity index (χ3n) is 3.83. The highest BCUT2D eigenvalue weighted by Crippen LogP contribution is 2.17. The number of amides is 3. The third kappa shape index (κ3) is 3.63. The summed E-state index contributed by atoms with van der Waals surface area (Å²) in [5, 5.41) is 11.7. The Bertz CT molecular complexity index is 422. The van der Waals surface area contributed by atoms with Crippen LogP contribution in [0.3, 0.4) is 0 Å². The van der Waals surface area contributed by atoms with Gasteiger partial charge < -0.3 is 25.0 Å². The second-order valence-electron chi connectivity index (χ2n) is 5.30. The molecule has 2 saturated heterocycles. The first-order valence-electron chi connectivity index (χ1n) is 7.17. The average molecular weight is 299 g/mol. The van der Waals surface area contributed by atoms with Gasteiger partial charge >= 0.3 is 12.0 Å². The van der Waals surface area contributed by atoms with Gasteiger partial charge in [0.2, 0.25) is 5.91 Å². The quantitative estimate of drug-likeness (QED) is 0.731. The van der Waals surface area contributed by atoms with Crippen LogP contribution in [-0.4, -0.2) is 77.7 Å². The normalized spacial score (nSPS) is 23.8. The van der Waals surface area contributed by atoms with E-state index >= 15 is 0 Å². The minimum absolute atomic E-state index is 0.169. The Morgan fingerprint density at radius 1 is 1.24 bits per heavy atom. The minimum atomic E-state index is -1.00. The van der Waals surface area contributed by atoms with Gasteiger partial charge in [-0.15, -0.1) is 0 Å². The molecule has 0 spiro atoms. The summed E-state index contributed by atoms with van der Waals surface area (Å²) >= 11 is 0. The van der Waals surface area contributed by atoms with E-state index in [0.29, 0.717) is 45.7 Å². The van der Waals surface area contributed by atoms with Crippen molar-refractivity contribution >= 4 is 17.9 Å². The molecule has 8 heteroatoms. The van der Waals surface area contributed by atoms with E-state index in [1.807, 2.05) is 0 Å². The second kappa shape index (κ2) is 6.75. The lowest BCUT2D eigenvalue weighted by Crippen LogP contribution is -2.54. The van der Waals surface area contributed by atoms with Crippen molar-refractivity contribution in [1.82, 2.24) is 15.1 Å². The van der Waals surface area contributed by atoms with Crippen LogP contribution in [0.25, 0.3) is 0 Å². The van der Waals surface area contributed by atoms with Crippen molar-refractivity contribution in [2.45, 2.75) is 31.8 Å². The molecule has 0 radical (unpaired) electrons. The summed E-state index contributed by atoms with van der Waals surface area (Å²) in [6.07, 6.45) is 1.12. The molecule has 2 N–H and O–H groups in total. The maximum atomic E-state index is 12.2. The number of nitrogens with zero attached hydrogens (tertiary/aromatic N) is 2. The Morgan fingerprint density at radius 3 is 2.52 bits per heavy atom. The zero-order valence-electron chi connectivity index (χ0n) is 12.1. The number of carbonyl (C=O) groups excluding carboxylic acids is 2. The fourth-order valence-corrected chi connectivity index (χ4v) is 2.65. The van der Waals surface area contributed by atoms with Gasteiger partial charge in [0.25, 0.3) is 0 Å². The molecule has 0 aromatic carbocycles. The fourth-order valence-electron chi connectivity index (χ4n) is 2.65. The lowest BCUT2D eigenvalue weighted by molar-refractivity contribution is -0.141. The molecule has 2 heterocycles. The highest BCUT2D eigenvalue weighted by Gasteiger charge is 2.35. The van der Waals surface area contributed by atoms with E-state index in [1.165, 1.54) is 4.90 Å². The summed E-state index contributed by atoms with van der Waals surface area (Å²) in [5.41, 5.74) is 0. The average Bonchev–Trinajstić information content (AvgIpc) is 2.97. The third-order valence-corrected chi connectivity index (χ3v) is 3.83. The molecule has 2 atom stereocenters. The highest BCUT2D eigenvalue weighted by molar-refractivity contribution is 5.89. The smallest absolute Gasteiger partial charge is 0.326 e. The lowest BCUT2D eigenvalue weighted by atomic mass is 10.2. The first-order valence-corrected chi connectivity index (χ1v) is 7.17. The van der Waals surface area contributed by atoms with Crippen molar-refractivity contribution in [3.05, 3.63) is 0 Å². The molecule has 0 aromatic heterocycles. The number of carboxylic acid groups (broad SMARTS) is 1. The molecule has 0 saturated carbocycles. The summed E-state index contributed by atoms with van der Waals surface area (Å²) in [6.45, 7) is 4.04. The van der Waals surface area contributed by atoms with Gasteiger partial charge in [0.1, 0.15) is 12.1 Å². The Kier molecular flexibility index (Phi) is 5.00. The molecule has 0 aliphatic carbocycles. The Morgan fingerprint density at radius 2 is 1.90 bits per heavy atom. The predicted octanol–water partition coefficient (Wildman–Crippen LogP) is -0.508. The van der Waals surface area contributed by atoms with Crippen LogP contribution in [0.2, 0.25) is 0 Å². The number of hydrogen-bond acceptors (Lipinski definition) is 4. The molecular weight excluding hydrogens is 278 g/mol. The van der Waals surface area contributed by atoms with Crippen LogP contribution in [0.1, 0.15) is 19.8 Å². The van der Waals surface area contributed by atoms with Gasteiger partial charge in [-0.1, -0.05) is 0 Å². The van der Waals surface area contributed by atoms with E-state index in [-0.39, 0.29) is 5.91 Å². The fraction of sp³-hybridized carbons (Fsp3) is 0.769. The van der Waals surface area contributed by atoms with Crippen LogP contribution in [0.4, 0.5) is 4.79 Å². The zero-order chi connectivity index (χ0) is 15.4. The number of morpholine rings is 1. The summed E-state index contributed by atoms with van der Waals surface area (Å²) < 4.78 is 5.18. The van der Waals surface area contributed by atoms with Crippen LogP contribution < -0.4 is 5.32 Å². The Balaban J connectivity index is 1.89. The van der Waals surface area contributed by atoms with Crippen molar-refractivity contribution in [1.29, 1.82) is 0 Å². The van der Waals surface area contributed by atoms with E-state index < -0.39 is 24.1 Å².